The van der Waals surface area contributed by atoms with Gasteiger partial charge in [0.15, 0.2) is 0 Å². The van der Waals surface area contributed by atoms with Crippen LogP contribution in [0.1, 0.15) is 24.7 Å². The predicted molar refractivity (Wildman–Crippen MR) is 50.8 cm³/mol. The lowest BCUT2D eigenvalue weighted by Crippen LogP contribution is -2.48. The van der Waals surface area contributed by atoms with E-state index in [0.717, 1.165) is 18.3 Å². The second kappa shape index (κ2) is 3.02. The van der Waals surface area contributed by atoms with E-state index < -0.39 is 0 Å². The van der Waals surface area contributed by atoms with Crippen molar-refractivity contribution in [2.24, 2.45) is 5.92 Å². The Kier molecular flexibility index (Phi) is 1.80. The summed E-state index contributed by atoms with van der Waals surface area (Å²) in [4.78, 5) is 2.52. The van der Waals surface area contributed by atoms with Crippen LogP contribution < -0.4 is 0 Å². The molecule has 1 unspecified atom stereocenters. The van der Waals surface area contributed by atoms with Crippen molar-refractivity contribution in [2.45, 2.75) is 25.8 Å². The molecule has 1 aromatic heterocycles. The van der Waals surface area contributed by atoms with Gasteiger partial charge in [-0.1, -0.05) is 0 Å². The first-order chi connectivity index (χ1) is 6.84. The summed E-state index contributed by atoms with van der Waals surface area (Å²) >= 11 is 0. The van der Waals surface area contributed by atoms with Crippen molar-refractivity contribution >= 4 is 0 Å². The molecule has 0 spiro atoms. The Morgan fingerprint density at radius 1 is 1.29 bits per heavy atom. The molecule has 0 aliphatic carbocycles. The first-order valence-corrected chi connectivity index (χ1v) is 5.31. The fraction of sp³-hybridized carbons (Fsp3) is 0.889. The molecule has 0 N–H and O–H groups in total. The van der Waals surface area contributed by atoms with Crippen LogP contribution in [0, 0.1) is 12.8 Å². The van der Waals surface area contributed by atoms with Crippen molar-refractivity contribution in [3.8, 4) is 0 Å². The van der Waals surface area contributed by atoms with E-state index in [1.807, 2.05) is 11.6 Å². The summed E-state index contributed by atoms with van der Waals surface area (Å²) in [5, 5.41) is 11.8. The van der Waals surface area contributed by atoms with E-state index >= 15 is 0 Å². The summed E-state index contributed by atoms with van der Waals surface area (Å²) < 4.78 is 2.01. The maximum atomic E-state index is 4.09. The molecule has 5 nitrogen and oxygen atoms in total. The van der Waals surface area contributed by atoms with Crippen molar-refractivity contribution in [3.05, 3.63) is 5.82 Å². The Morgan fingerprint density at radius 2 is 2.07 bits per heavy atom. The molecule has 3 saturated heterocycles. The molecule has 0 amide bonds. The van der Waals surface area contributed by atoms with Gasteiger partial charge in [-0.25, -0.2) is 4.68 Å². The molecule has 3 fully saturated rings. The predicted octanol–water partition coefficient (Wildman–Crippen LogP) is 0.248. The number of aromatic nitrogens is 4. The number of tetrazole rings is 1. The number of hydrogen-bond donors (Lipinski definition) is 0. The fourth-order valence-electron chi connectivity index (χ4n) is 2.76. The fourth-order valence-corrected chi connectivity index (χ4v) is 2.76. The van der Waals surface area contributed by atoms with E-state index in [1.165, 1.54) is 25.9 Å². The highest BCUT2D eigenvalue weighted by Crippen LogP contribution is 2.35. The van der Waals surface area contributed by atoms with Gasteiger partial charge in [0.25, 0.3) is 0 Å². The van der Waals surface area contributed by atoms with Gasteiger partial charge in [-0.05, 0) is 49.2 Å². The smallest absolute Gasteiger partial charge is 0.148 e. The number of aryl methyl sites for hydroxylation is 1. The van der Waals surface area contributed by atoms with Crippen LogP contribution in [0.3, 0.4) is 0 Å². The van der Waals surface area contributed by atoms with E-state index in [1.54, 1.807) is 0 Å². The topological polar surface area (TPSA) is 46.8 Å². The van der Waals surface area contributed by atoms with Crippen molar-refractivity contribution in [1.29, 1.82) is 0 Å². The van der Waals surface area contributed by atoms with Crippen LogP contribution in [-0.2, 0) is 0 Å². The van der Waals surface area contributed by atoms with Gasteiger partial charge < -0.3 is 4.90 Å². The molecular weight excluding hydrogens is 178 g/mol. The highest BCUT2D eigenvalue weighted by Gasteiger charge is 2.36. The van der Waals surface area contributed by atoms with Crippen molar-refractivity contribution in [3.63, 3.8) is 0 Å². The molecule has 0 saturated carbocycles. The largest absolute Gasteiger partial charge is 0.301 e. The molecule has 76 valence electrons. The summed E-state index contributed by atoms with van der Waals surface area (Å²) in [7, 11) is 0. The van der Waals surface area contributed by atoms with Gasteiger partial charge >= 0.3 is 0 Å². The Hall–Kier alpha value is -0.970. The maximum absolute atomic E-state index is 4.09. The lowest BCUT2D eigenvalue weighted by Gasteiger charge is -2.44. The van der Waals surface area contributed by atoms with E-state index in [4.69, 9.17) is 0 Å². The molecule has 4 heterocycles. The van der Waals surface area contributed by atoms with E-state index in [9.17, 15) is 0 Å². The normalized spacial score (nSPS) is 36.2. The molecule has 2 bridgehead atoms. The van der Waals surface area contributed by atoms with Crippen LogP contribution >= 0.6 is 0 Å². The second-order valence-electron chi connectivity index (χ2n) is 4.38. The summed E-state index contributed by atoms with van der Waals surface area (Å²) in [5.41, 5.74) is 0. The van der Waals surface area contributed by atoms with Crippen LogP contribution in [0.4, 0.5) is 0 Å². The second-order valence-corrected chi connectivity index (χ2v) is 4.38. The van der Waals surface area contributed by atoms with Crippen LogP contribution in [0.15, 0.2) is 0 Å². The van der Waals surface area contributed by atoms with Crippen molar-refractivity contribution in [2.75, 3.05) is 19.6 Å². The zero-order valence-electron chi connectivity index (χ0n) is 8.43. The summed E-state index contributed by atoms with van der Waals surface area (Å²) in [6.45, 7) is 5.65. The van der Waals surface area contributed by atoms with Crippen LogP contribution in [0.25, 0.3) is 0 Å². The number of piperidine rings is 3. The number of hydrogen-bond acceptors (Lipinski definition) is 4. The molecule has 0 aromatic carbocycles. The molecule has 4 rings (SSSR count). The third-order valence-corrected chi connectivity index (χ3v) is 3.59. The number of nitrogens with zero attached hydrogens (tertiary/aromatic N) is 5. The van der Waals surface area contributed by atoms with Crippen molar-refractivity contribution < 1.29 is 0 Å². The Balaban J connectivity index is 1.89. The van der Waals surface area contributed by atoms with Gasteiger partial charge in [0.05, 0.1) is 6.04 Å². The highest BCUT2D eigenvalue weighted by atomic mass is 15.6. The lowest BCUT2D eigenvalue weighted by atomic mass is 9.84. The van der Waals surface area contributed by atoms with Gasteiger partial charge in [-0.3, -0.25) is 0 Å². The van der Waals surface area contributed by atoms with E-state index in [0.29, 0.717) is 6.04 Å². The molecule has 3 aliphatic rings. The minimum atomic E-state index is 0.521. The van der Waals surface area contributed by atoms with Gasteiger partial charge in [0.2, 0.25) is 0 Å². The van der Waals surface area contributed by atoms with Crippen LogP contribution in [0.2, 0.25) is 0 Å². The quantitative estimate of drug-likeness (QED) is 0.641. The van der Waals surface area contributed by atoms with Gasteiger partial charge in [0.1, 0.15) is 5.82 Å². The average Bonchev–Trinajstić information content (AvgIpc) is 2.66. The first kappa shape index (κ1) is 8.35. The molecule has 1 atom stereocenters. The molecule has 0 radical (unpaired) electrons. The zero-order chi connectivity index (χ0) is 9.54. The standard InChI is InChI=1S/C9H15N5/c1-7-10-11-12-14(7)9-6-13-4-2-8(9)3-5-13/h8-9H,2-6H2,1H3. The Morgan fingerprint density at radius 3 is 2.57 bits per heavy atom. The maximum Gasteiger partial charge on any atom is 0.148 e. The number of fused-ring (bicyclic) bond motifs is 3. The highest BCUT2D eigenvalue weighted by molar-refractivity contribution is 4.92. The van der Waals surface area contributed by atoms with Gasteiger partial charge in [-0.15, -0.1) is 5.10 Å². The SMILES string of the molecule is Cc1nnnn1C1CN2CCC1CC2. The average molecular weight is 193 g/mol. The lowest BCUT2D eigenvalue weighted by molar-refractivity contribution is 0.0493. The molecule has 14 heavy (non-hydrogen) atoms. The molecule has 5 heteroatoms. The van der Waals surface area contributed by atoms with E-state index in [-0.39, 0.29) is 0 Å². The third kappa shape index (κ3) is 1.15. The van der Waals surface area contributed by atoms with Crippen LogP contribution in [-0.4, -0.2) is 44.7 Å². The zero-order valence-corrected chi connectivity index (χ0v) is 8.43. The Labute approximate surface area is 83.1 Å². The monoisotopic (exact) mass is 193 g/mol. The summed E-state index contributed by atoms with van der Waals surface area (Å²) in [6, 6.07) is 0.521. The minimum absolute atomic E-state index is 0.521. The molecule has 1 aromatic rings. The first-order valence-electron chi connectivity index (χ1n) is 5.31. The van der Waals surface area contributed by atoms with E-state index in [2.05, 4.69) is 20.4 Å². The van der Waals surface area contributed by atoms with Gasteiger partial charge in [-0.2, -0.15) is 0 Å². The summed E-state index contributed by atoms with van der Waals surface area (Å²) in [5.74, 6) is 1.74. The molecule has 3 aliphatic heterocycles. The van der Waals surface area contributed by atoms with Crippen LogP contribution in [0.5, 0.6) is 0 Å². The number of rotatable bonds is 1. The minimum Gasteiger partial charge on any atom is -0.301 e. The van der Waals surface area contributed by atoms with Gasteiger partial charge in [0, 0.05) is 6.54 Å². The summed E-state index contributed by atoms with van der Waals surface area (Å²) in [6.07, 6.45) is 2.62. The third-order valence-electron chi connectivity index (χ3n) is 3.59. The molecular formula is C9H15N5. The Bertz CT molecular complexity index is 326. The van der Waals surface area contributed by atoms with Crippen molar-refractivity contribution in [1.82, 2.24) is 25.1 Å².